The van der Waals surface area contributed by atoms with Gasteiger partial charge in [0, 0.05) is 6.92 Å². The zero-order chi connectivity index (χ0) is 9.56. The quantitative estimate of drug-likeness (QED) is 0.587. The van der Waals surface area contributed by atoms with Crippen molar-refractivity contribution in [3.05, 3.63) is 0 Å². The number of hydrogen-bond donors (Lipinski definition) is 2. The summed E-state index contributed by atoms with van der Waals surface area (Å²) in [7, 11) is 0. The average molecular weight is 174 g/mol. The molecule has 1 aliphatic carbocycles. The van der Waals surface area contributed by atoms with E-state index in [1.165, 1.54) is 19.3 Å². The van der Waals surface area contributed by atoms with Crippen molar-refractivity contribution in [3.8, 4) is 0 Å². The lowest BCUT2D eigenvalue weighted by molar-refractivity contribution is -0.134. The van der Waals surface area contributed by atoms with Crippen molar-refractivity contribution in [2.24, 2.45) is 5.92 Å². The lowest BCUT2D eigenvalue weighted by Gasteiger charge is -2.23. The molecule has 1 saturated carbocycles. The molecule has 0 heterocycles. The Balaban J connectivity index is 0.000000261. The fourth-order valence-corrected chi connectivity index (χ4v) is 1.30. The van der Waals surface area contributed by atoms with Crippen molar-refractivity contribution in [2.75, 3.05) is 0 Å². The van der Waals surface area contributed by atoms with E-state index in [1.807, 2.05) is 0 Å². The van der Waals surface area contributed by atoms with Gasteiger partial charge in [0.2, 0.25) is 0 Å². The Labute approximate surface area is 73.4 Å². The summed E-state index contributed by atoms with van der Waals surface area (Å²) >= 11 is 0. The van der Waals surface area contributed by atoms with Crippen LogP contribution in [0.25, 0.3) is 0 Å². The predicted molar refractivity (Wildman–Crippen MR) is 46.9 cm³/mol. The molecule has 2 N–H and O–H groups in total. The molecule has 0 radical (unpaired) electrons. The third-order valence-electron chi connectivity index (χ3n) is 2.07. The van der Waals surface area contributed by atoms with Crippen molar-refractivity contribution in [3.63, 3.8) is 0 Å². The third kappa shape index (κ3) is 6.16. The maximum atomic E-state index is 9.18. The smallest absolute Gasteiger partial charge is 0.300 e. The summed E-state index contributed by atoms with van der Waals surface area (Å²) in [5.74, 6) is -0.274. The molecule has 0 saturated heterocycles. The minimum atomic E-state index is -0.833. The second-order valence-corrected chi connectivity index (χ2v) is 3.35. The lowest BCUT2D eigenvalue weighted by Crippen LogP contribution is -2.21. The molecule has 12 heavy (non-hydrogen) atoms. The molecule has 2 atom stereocenters. The number of hydrogen-bond acceptors (Lipinski definition) is 2. The summed E-state index contributed by atoms with van der Waals surface area (Å²) in [4.78, 5) is 9.00. The minimum absolute atomic E-state index is 0.00347. The zero-order valence-corrected chi connectivity index (χ0v) is 7.79. The van der Waals surface area contributed by atoms with E-state index in [1.54, 1.807) is 0 Å². The normalized spacial score (nSPS) is 28.6. The van der Waals surface area contributed by atoms with Crippen LogP contribution in [0.2, 0.25) is 0 Å². The van der Waals surface area contributed by atoms with Gasteiger partial charge in [0.1, 0.15) is 0 Å². The van der Waals surface area contributed by atoms with Crippen molar-refractivity contribution in [2.45, 2.75) is 45.6 Å². The molecule has 1 aliphatic rings. The van der Waals surface area contributed by atoms with Crippen LogP contribution in [0, 0.1) is 5.92 Å². The Hall–Kier alpha value is -0.570. The number of carboxylic acids is 1. The highest BCUT2D eigenvalue weighted by molar-refractivity contribution is 5.62. The SMILES string of the molecule is CC(=O)O.C[C@@H]1CCCC[C@H]1O. The molecule has 1 rings (SSSR count). The first-order valence-electron chi connectivity index (χ1n) is 4.41. The average Bonchev–Trinajstić information content (AvgIpc) is 1.94. The molecule has 0 aromatic heterocycles. The first-order chi connectivity index (χ1) is 5.54. The number of aliphatic hydroxyl groups is 1. The van der Waals surface area contributed by atoms with Gasteiger partial charge in [0.25, 0.3) is 5.97 Å². The largest absolute Gasteiger partial charge is 0.481 e. The van der Waals surface area contributed by atoms with Crippen LogP contribution >= 0.6 is 0 Å². The Morgan fingerprint density at radius 2 is 1.75 bits per heavy atom. The second kappa shape index (κ2) is 6.00. The Morgan fingerprint density at radius 3 is 2.00 bits per heavy atom. The standard InChI is InChI=1S/C7H14O.C2H4O2/c1-6-4-2-3-5-7(6)8;1-2(3)4/h6-8H,2-5H2,1H3;1H3,(H,3,4)/t6-,7-;/m1./s1. The summed E-state index contributed by atoms with van der Waals surface area (Å²) in [6, 6.07) is 0. The third-order valence-corrected chi connectivity index (χ3v) is 2.07. The fourth-order valence-electron chi connectivity index (χ4n) is 1.30. The van der Waals surface area contributed by atoms with Crippen molar-refractivity contribution >= 4 is 5.97 Å². The monoisotopic (exact) mass is 174 g/mol. The van der Waals surface area contributed by atoms with E-state index in [9.17, 15) is 5.11 Å². The summed E-state index contributed by atoms with van der Waals surface area (Å²) in [6.45, 7) is 3.21. The van der Waals surface area contributed by atoms with Gasteiger partial charge in [-0.3, -0.25) is 4.79 Å². The lowest BCUT2D eigenvalue weighted by atomic mass is 9.88. The summed E-state index contributed by atoms with van der Waals surface area (Å²) in [5.41, 5.74) is 0. The highest BCUT2D eigenvalue weighted by Gasteiger charge is 2.17. The molecular weight excluding hydrogens is 156 g/mol. The Morgan fingerprint density at radius 1 is 1.33 bits per heavy atom. The van der Waals surface area contributed by atoms with Gasteiger partial charge in [-0.05, 0) is 18.8 Å². The number of aliphatic hydroxyl groups excluding tert-OH is 1. The van der Waals surface area contributed by atoms with Gasteiger partial charge < -0.3 is 10.2 Å². The van der Waals surface area contributed by atoms with Crippen LogP contribution in [0.5, 0.6) is 0 Å². The molecule has 0 spiro atoms. The number of rotatable bonds is 0. The van der Waals surface area contributed by atoms with Crippen LogP contribution in [0.15, 0.2) is 0 Å². The van der Waals surface area contributed by atoms with Gasteiger partial charge in [-0.1, -0.05) is 19.8 Å². The maximum Gasteiger partial charge on any atom is 0.300 e. The van der Waals surface area contributed by atoms with Crippen LogP contribution < -0.4 is 0 Å². The van der Waals surface area contributed by atoms with Crippen molar-refractivity contribution in [1.82, 2.24) is 0 Å². The molecule has 3 nitrogen and oxygen atoms in total. The minimum Gasteiger partial charge on any atom is -0.481 e. The molecule has 0 aromatic carbocycles. The van der Waals surface area contributed by atoms with Gasteiger partial charge in [-0.2, -0.15) is 0 Å². The molecule has 0 amide bonds. The molecule has 1 fully saturated rings. The molecular formula is C9H18O3. The van der Waals surface area contributed by atoms with Gasteiger partial charge in [-0.25, -0.2) is 0 Å². The van der Waals surface area contributed by atoms with Crippen LogP contribution in [0.4, 0.5) is 0 Å². The topological polar surface area (TPSA) is 57.5 Å². The van der Waals surface area contributed by atoms with Gasteiger partial charge in [0.15, 0.2) is 0 Å². The first-order valence-corrected chi connectivity index (χ1v) is 4.41. The molecule has 0 aromatic rings. The van der Waals surface area contributed by atoms with E-state index >= 15 is 0 Å². The molecule has 0 bridgehead atoms. The molecule has 72 valence electrons. The van der Waals surface area contributed by atoms with Gasteiger partial charge in [0.05, 0.1) is 6.10 Å². The summed E-state index contributed by atoms with van der Waals surface area (Å²) < 4.78 is 0. The van der Waals surface area contributed by atoms with E-state index in [4.69, 9.17) is 9.90 Å². The van der Waals surface area contributed by atoms with E-state index < -0.39 is 5.97 Å². The van der Waals surface area contributed by atoms with Crippen LogP contribution in [-0.4, -0.2) is 22.3 Å². The highest BCUT2D eigenvalue weighted by atomic mass is 16.4. The number of carboxylic acid groups (broad SMARTS) is 1. The maximum absolute atomic E-state index is 9.18. The van der Waals surface area contributed by atoms with E-state index in [2.05, 4.69) is 6.92 Å². The van der Waals surface area contributed by atoms with E-state index in [0.29, 0.717) is 5.92 Å². The summed E-state index contributed by atoms with van der Waals surface area (Å²) in [6.07, 6.45) is 4.80. The Kier molecular flexibility index (Phi) is 5.72. The predicted octanol–water partition coefficient (Wildman–Crippen LogP) is 1.65. The van der Waals surface area contributed by atoms with Crippen molar-refractivity contribution in [1.29, 1.82) is 0 Å². The van der Waals surface area contributed by atoms with Crippen LogP contribution in [-0.2, 0) is 4.79 Å². The van der Waals surface area contributed by atoms with Gasteiger partial charge >= 0.3 is 0 Å². The van der Waals surface area contributed by atoms with Crippen LogP contribution in [0.1, 0.15) is 39.5 Å². The number of aliphatic carboxylic acids is 1. The van der Waals surface area contributed by atoms with E-state index in [-0.39, 0.29) is 6.10 Å². The van der Waals surface area contributed by atoms with E-state index in [0.717, 1.165) is 13.3 Å². The fraction of sp³-hybridized carbons (Fsp3) is 0.889. The first kappa shape index (κ1) is 11.4. The summed E-state index contributed by atoms with van der Waals surface area (Å²) in [5, 5.41) is 16.6. The second-order valence-electron chi connectivity index (χ2n) is 3.35. The zero-order valence-electron chi connectivity index (χ0n) is 7.79. The highest BCUT2D eigenvalue weighted by Crippen LogP contribution is 2.22. The van der Waals surface area contributed by atoms with Crippen molar-refractivity contribution < 1.29 is 15.0 Å². The van der Waals surface area contributed by atoms with Gasteiger partial charge in [-0.15, -0.1) is 0 Å². The molecule has 0 unspecified atom stereocenters. The Bertz CT molecular complexity index is 120. The molecule has 3 heteroatoms. The molecule has 0 aliphatic heterocycles. The number of carbonyl (C=O) groups is 1. The van der Waals surface area contributed by atoms with Crippen LogP contribution in [0.3, 0.4) is 0 Å².